The summed E-state index contributed by atoms with van der Waals surface area (Å²) in [7, 11) is 2.01. The van der Waals surface area contributed by atoms with E-state index in [0.29, 0.717) is 4.90 Å². The zero-order chi connectivity index (χ0) is 15.7. The van der Waals surface area contributed by atoms with Crippen molar-refractivity contribution in [1.82, 2.24) is 4.90 Å². The molecule has 0 N–H and O–H groups in total. The van der Waals surface area contributed by atoms with E-state index in [0.717, 1.165) is 13.1 Å². The number of amides is 1. The molecule has 0 spiro atoms. The molecule has 0 aliphatic rings. The van der Waals surface area contributed by atoms with Crippen LogP contribution >= 0.6 is 26.6 Å². The van der Waals surface area contributed by atoms with Gasteiger partial charge in [0.25, 0.3) is 15.0 Å². The highest BCUT2D eigenvalue weighted by atomic mass is 79.9. The molecule has 0 unspecified atom stereocenters. The number of alkyl halides is 3. The number of rotatable bonds is 3. The van der Waals surface area contributed by atoms with Crippen molar-refractivity contribution < 1.29 is 26.4 Å². The molecule has 4 nitrogen and oxygen atoms in total. The Hall–Kier alpha value is -0.800. The lowest BCUT2D eigenvalue weighted by atomic mass is 10.2. The molecule has 0 radical (unpaired) electrons. The Bertz CT molecular complexity index is 633. The van der Waals surface area contributed by atoms with E-state index in [1.54, 1.807) is 0 Å². The highest BCUT2D eigenvalue weighted by Gasteiger charge is 2.31. The van der Waals surface area contributed by atoms with Crippen molar-refractivity contribution in [3.8, 4) is 0 Å². The topological polar surface area (TPSA) is 54.5 Å². The number of nitrogens with zero attached hydrogens (tertiary/aromatic N) is 1. The van der Waals surface area contributed by atoms with Gasteiger partial charge < -0.3 is 4.90 Å². The normalized spacial score (nSPS) is 12.3. The fraction of sp³-hybridized carbons (Fsp3) is 0.300. The van der Waals surface area contributed by atoms with Gasteiger partial charge in [-0.2, -0.15) is 13.2 Å². The Kier molecular flexibility index (Phi) is 5.09. The van der Waals surface area contributed by atoms with Gasteiger partial charge >= 0.3 is 6.18 Å². The molecule has 1 rings (SSSR count). The molecule has 0 aliphatic carbocycles. The molecule has 0 aromatic heterocycles. The van der Waals surface area contributed by atoms with Crippen molar-refractivity contribution >= 4 is 41.6 Å². The lowest BCUT2D eigenvalue weighted by molar-refractivity contribution is -0.138. The minimum Gasteiger partial charge on any atom is -0.333 e. The number of hydrogen-bond donors (Lipinski definition) is 0. The van der Waals surface area contributed by atoms with Crippen LogP contribution in [0, 0.1) is 0 Å². The van der Waals surface area contributed by atoms with Gasteiger partial charge in [0, 0.05) is 27.8 Å². The largest absolute Gasteiger partial charge is 0.406 e. The molecule has 0 heterocycles. The highest BCUT2D eigenvalue weighted by molar-refractivity contribution is 9.10. The Labute approximate surface area is 126 Å². The van der Waals surface area contributed by atoms with Crippen LogP contribution < -0.4 is 0 Å². The van der Waals surface area contributed by atoms with Gasteiger partial charge in [-0.15, -0.1) is 0 Å². The lowest BCUT2D eigenvalue weighted by Gasteiger charge is -2.19. The lowest BCUT2D eigenvalue weighted by Crippen LogP contribution is -2.35. The predicted octanol–water partition coefficient (Wildman–Crippen LogP) is 3.01. The van der Waals surface area contributed by atoms with Gasteiger partial charge in [0.05, 0.1) is 4.90 Å². The molecule has 0 aliphatic heterocycles. The highest BCUT2D eigenvalue weighted by Crippen LogP contribution is 2.27. The second-order valence-corrected chi connectivity index (χ2v) is 7.25. The first-order valence-corrected chi connectivity index (χ1v) is 8.08. The zero-order valence-corrected chi connectivity index (χ0v) is 13.1. The van der Waals surface area contributed by atoms with Crippen molar-refractivity contribution in [2.45, 2.75) is 11.1 Å². The van der Waals surface area contributed by atoms with Crippen LogP contribution in [-0.2, 0) is 9.05 Å². The van der Waals surface area contributed by atoms with Gasteiger partial charge in [-0.25, -0.2) is 8.42 Å². The van der Waals surface area contributed by atoms with Crippen molar-refractivity contribution in [2.75, 3.05) is 13.6 Å². The van der Waals surface area contributed by atoms with Gasteiger partial charge in [-0.1, -0.05) is 0 Å². The maximum absolute atomic E-state index is 12.2. The van der Waals surface area contributed by atoms with Gasteiger partial charge in [-0.3, -0.25) is 4.79 Å². The molecule has 1 aromatic carbocycles. The third-order valence-corrected chi connectivity index (χ3v) is 4.52. The van der Waals surface area contributed by atoms with Crippen molar-refractivity contribution in [1.29, 1.82) is 0 Å². The summed E-state index contributed by atoms with van der Waals surface area (Å²) >= 11 is 2.93. The molecule has 0 fully saturated rings. The number of carbonyl (C=O) groups is 1. The predicted molar refractivity (Wildman–Crippen MR) is 70.2 cm³/mol. The second-order valence-electron chi connectivity index (χ2n) is 3.86. The zero-order valence-electron chi connectivity index (χ0n) is 9.91. The van der Waals surface area contributed by atoms with E-state index in [-0.39, 0.29) is 14.9 Å². The van der Waals surface area contributed by atoms with Crippen molar-refractivity contribution in [2.24, 2.45) is 0 Å². The molecule has 20 heavy (non-hydrogen) atoms. The molecule has 0 saturated carbocycles. The Morgan fingerprint density at radius 3 is 2.40 bits per heavy atom. The smallest absolute Gasteiger partial charge is 0.333 e. The average molecular weight is 395 g/mol. The summed E-state index contributed by atoms with van der Waals surface area (Å²) in [5, 5.41) is 0. The number of carbonyl (C=O) groups excluding carboxylic acids is 1. The molecule has 0 saturated heterocycles. The number of hydrogen-bond acceptors (Lipinski definition) is 3. The van der Waals surface area contributed by atoms with Gasteiger partial charge in [-0.05, 0) is 34.1 Å². The van der Waals surface area contributed by atoms with E-state index in [9.17, 15) is 26.4 Å². The van der Waals surface area contributed by atoms with Crippen LogP contribution in [0.4, 0.5) is 13.2 Å². The van der Waals surface area contributed by atoms with Crippen molar-refractivity contribution in [3.63, 3.8) is 0 Å². The Morgan fingerprint density at radius 1 is 1.40 bits per heavy atom. The first-order chi connectivity index (χ1) is 8.92. The Morgan fingerprint density at radius 2 is 1.95 bits per heavy atom. The van der Waals surface area contributed by atoms with Crippen LogP contribution in [0.1, 0.15) is 10.4 Å². The maximum atomic E-state index is 12.2. The van der Waals surface area contributed by atoms with E-state index in [4.69, 9.17) is 10.7 Å². The van der Waals surface area contributed by atoms with Crippen LogP contribution in [-0.4, -0.2) is 39.0 Å². The Balaban J connectivity index is 3.13. The van der Waals surface area contributed by atoms with E-state index in [1.807, 2.05) is 0 Å². The summed E-state index contributed by atoms with van der Waals surface area (Å²) in [5.74, 6) is -0.962. The second kappa shape index (κ2) is 5.90. The molecule has 1 aromatic rings. The fourth-order valence-electron chi connectivity index (χ4n) is 1.38. The van der Waals surface area contributed by atoms with Crippen LogP contribution in [0.25, 0.3) is 0 Å². The van der Waals surface area contributed by atoms with Crippen LogP contribution in [0.3, 0.4) is 0 Å². The molecule has 0 atom stereocenters. The standard InChI is InChI=1S/C10H8BrClF3NO3S/c1-16(5-10(13,14)15)9(17)6-2-3-7(11)8(4-6)20(12,18)19/h2-4H,5H2,1H3. The summed E-state index contributed by atoms with van der Waals surface area (Å²) in [5.41, 5.74) is -0.209. The van der Waals surface area contributed by atoms with E-state index < -0.39 is 27.7 Å². The number of benzene rings is 1. The van der Waals surface area contributed by atoms with E-state index >= 15 is 0 Å². The number of halogens is 5. The van der Waals surface area contributed by atoms with Crippen molar-refractivity contribution in [3.05, 3.63) is 28.2 Å². The first-order valence-electron chi connectivity index (χ1n) is 4.98. The van der Waals surface area contributed by atoms with E-state index in [1.165, 1.54) is 12.1 Å². The van der Waals surface area contributed by atoms with Gasteiger partial charge in [0.1, 0.15) is 6.54 Å². The molecule has 112 valence electrons. The minimum absolute atomic E-state index is 0.113. The van der Waals surface area contributed by atoms with Crippen LogP contribution in [0.5, 0.6) is 0 Å². The molecular formula is C10H8BrClF3NO3S. The molecule has 0 bridgehead atoms. The third kappa shape index (κ3) is 4.64. The molecular weight excluding hydrogens is 387 g/mol. The summed E-state index contributed by atoms with van der Waals surface area (Å²) in [6.45, 7) is -1.44. The molecule has 1 amide bonds. The maximum Gasteiger partial charge on any atom is 0.406 e. The average Bonchev–Trinajstić information content (AvgIpc) is 2.24. The summed E-state index contributed by atoms with van der Waals surface area (Å²) in [6.07, 6.45) is -4.54. The quantitative estimate of drug-likeness (QED) is 0.741. The molecule has 10 heteroatoms. The summed E-state index contributed by atoms with van der Waals surface area (Å²) in [6, 6.07) is 3.34. The van der Waals surface area contributed by atoms with Crippen LogP contribution in [0.15, 0.2) is 27.6 Å². The van der Waals surface area contributed by atoms with Gasteiger partial charge in [0.15, 0.2) is 0 Å². The summed E-state index contributed by atoms with van der Waals surface area (Å²) in [4.78, 5) is 11.8. The third-order valence-electron chi connectivity index (χ3n) is 2.20. The first kappa shape index (κ1) is 17.3. The van der Waals surface area contributed by atoms with Crippen LogP contribution in [0.2, 0.25) is 0 Å². The summed E-state index contributed by atoms with van der Waals surface area (Å²) < 4.78 is 59.2. The monoisotopic (exact) mass is 393 g/mol. The SMILES string of the molecule is CN(CC(F)(F)F)C(=O)c1ccc(Br)c(S(=O)(=O)Cl)c1. The van der Waals surface area contributed by atoms with Gasteiger partial charge in [0.2, 0.25) is 0 Å². The van der Waals surface area contributed by atoms with E-state index in [2.05, 4.69) is 15.9 Å². The minimum atomic E-state index is -4.54. The fourth-order valence-corrected chi connectivity index (χ4v) is 3.50.